The number of carboxylic acids is 1. The molecule has 0 amide bonds. The Balaban J connectivity index is 1.43. The van der Waals surface area contributed by atoms with Crippen molar-refractivity contribution in [1.82, 2.24) is 10.3 Å². The molecular weight excluding hydrogens is 566 g/mol. The Hall–Kier alpha value is -4.42. The molecule has 0 bridgehead atoms. The summed E-state index contributed by atoms with van der Waals surface area (Å²) >= 11 is 6.72. The molecule has 4 aromatic rings. The molecule has 1 aliphatic rings. The second-order valence-electron chi connectivity index (χ2n) is 10.4. The molecule has 0 fully saturated rings. The summed E-state index contributed by atoms with van der Waals surface area (Å²) < 4.78 is 12.7. The van der Waals surface area contributed by atoms with E-state index in [1.54, 1.807) is 24.4 Å². The molecule has 0 unspecified atom stereocenters. The molecule has 3 aromatic carbocycles. The van der Waals surface area contributed by atoms with E-state index in [2.05, 4.69) is 65.8 Å². The van der Waals surface area contributed by atoms with Gasteiger partial charge >= 0.3 is 5.97 Å². The Bertz CT molecular complexity index is 1670. The van der Waals surface area contributed by atoms with Crippen LogP contribution in [0, 0.1) is 11.3 Å². The van der Waals surface area contributed by atoms with Crippen LogP contribution >= 0.6 is 11.6 Å². The Labute approximate surface area is 255 Å². The number of nitriles is 1. The predicted molar refractivity (Wildman–Crippen MR) is 163 cm³/mol. The van der Waals surface area contributed by atoms with Crippen molar-refractivity contribution in [2.45, 2.75) is 51.5 Å². The van der Waals surface area contributed by atoms with Gasteiger partial charge < -0.3 is 19.7 Å². The largest absolute Gasteiger partial charge is 0.488 e. The zero-order valence-electron chi connectivity index (χ0n) is 23.7. The number of benzene rings is 3. The van der Waals surface area contributed by atoms with Gasteiger partial charge in [-0.2, -0.15) is 5.26 Å². The summed E-state index contributed by atoms with van der Waals surface area (Å²) in [5.41, 5.74) is 7.86. The highest BCUT2D eigenvalue weighted by Crippen LogP contribution is 2.43. The van der Waals surface area contributed by atoms with Crippen LogP contribution in [-0.4, -0.2) is 33.8 Å². The second kappa shape index (κ2) is 13.7. The van der Waals surface area contributed by atoms with Crippen molar-refractivity contribution < 1.29 is 24.5 Å². The molecule has 220 valence electrons. The molecule has 0 saturated carbocycles. The zero-order valence-corrected chi connectivity index (χ0v) is 24.5. The molecule has 1 aromatic heterocycles. The number of carbonyl (C=O) groups is 1. The van der Waals surface area contributed by atoms with Crippen molar-refractivity contribution in [3.63, 3.8) is 0 Å². The maximum absolute atomic E-state index is 11.4. The number of aliphatic hydroxyl groups is 1. The molecule has 3 N–H and O–H groups in total. The Morgan fingerprint density at radius 2 is 1.93 bits per heavy atom. The topological polar surface area (TPSA) is 125 Å². The first-order valence-electron chi connectivity index (χ1n) is 14.1. The van der Waals surface area contributed by atoms with Gasteiger partial charge in [0.25, 0.3) is 0 Å². The fourth-order valence-electron chi connectivity index (χ4n) is 5.43. The van der Waals surface area contributed by atoms with Crippen LogP contribution in [0.5, 0.6) is 11.5 Å². The first-order chi connectivity index (χ1) is 20.9. The van der Waals surface area contributed by atoms with Crippen LogP contribution < -0.4 is 14.8 Å². The third-order valence-electron chi connectivity index (χ3n) is 7.63. The number of pyridine rings is 1. The normalized spacial score (nSPS) is 14.5. The smallest absolute Gasteiger partial charge is 0.323 e. The van der Waals surface area contributed by atoms with Crippen LogP contribution in [0.4, 0.5) is 0 Å². The van der Waals surface area contributed by atoms with Gasteiger partial charge in [-0.15, -0.1) is 0 Å². The number of aromatic nitrogens is 1. The zero-order chi connectivity index (χ0) is 30.3. The predicted octanol–water partition coefficient (Wildman–Crippen LogP) is 6.02. The molecule has 0 aliphatic heterocycles. The van der Waals surface area contributed by atoms with Gasteiger partial charge in [0.05, 0.1) is 17.2 Å². The summed E-state index contributed by atoms with van der Waals surface area (Å²) in [6.07, 6.45) is 5.49. The minimum Gasteiger partial charge on any atom is -0.488 e. The number of aliphatic hydroxyl groups excluding tert-OH is 1. The average Bonchev–Trinajstić information content (AvgIpc) is 3.44. The third kappa shape index (κ3) is 6.81. The van der Waals surface area contributed by atoms with Crippen LogP contribution in [-0.2, 0) is 30.8 Å². The number of nitrogens with zero attached hydrogens (tertiary/aromatic N) is 2. The monoisotopic (exact) mass is 597 g/mol. The van der Waals surface area contributed by atoms with E-state index in [9.17, 15) is 20.3 Å². The van der Waals surface area contributed by atoms with Crippen LogP contribution in [0.1, 0.15) is 52.8 Å². The van der Waals surface area contributed by atoms with E-state index in [-0.39, 0.29) is 19.3 Å². The number of ether oxygens (including phenoxy) is 2. The standard InChI is InChI=1S/C34H32ClN3O5/c1-2-23-6-3-4-7-25(23)26-8-5-9-28-27(26)10-11-31(28)43-33-14-32(42-20-22-12-21(15-36)16-37-17-22)24(13-29(33)35)18-38-30(19-39)34(40)41/h3-9,12-14,16-17,30-31,38-39H,2,10-11,18-20H2,1H3,(H,40,41)/t30-,31-/m0/s1. The molecular formula is C34H32ClN3O5. The highest BCUT2D eigenvalue weighted by Gasteiger charge is 2.28. The number of carboxylic acid groups (broad SMARTS) is 1. The lowest BCUT2D eigenvalue weighted by molar-refractivity contribution is -0.140. The number of halogens is 1. The summed E-state index contributed by atoms with van der Waals surface area (Å²) in [4.78, 5) is 15.5. The molecule has 8 nitrogen and oxygen atoms in total. The van der Waals surface area contributed by atoms with E-state index in [1.807, 2.05) is 0 Å². The summed E-state index contributed by atoms with van der Waals surface area (Å²) in [6, 6.07) is 20.8. The lowest BCUT2D eigenvalue weighted by Gasteiger charge is -2.20. The number of nitrogens with one attached hydrogen (secondary N) is 1. The third-order valence-corrected chi connectivity index (χ3v) is 7.92. The molecule has 1 aliphatic carbocycles. The van der Waals surface area contributed by atoms with Crippen molar-refractivity contribution in [2.75, 3.05) is 6.61 Å². The maximum atomic E-state index is 11.4. The van der Waals surface area contributed by atoms with Gasteiger partial charge in [-0.3, -0.25) is 15.1 Å². The second-order valence-corrected chi connectivity index (χ2v) is 10.8. The number of hydrogen-bond acceptors (Lipinski definition) is 7. The van der Waals surface area contributed by atoms with Gasteiger partial charge in [0.1, 0.15) is 36.3 Å². The molecule has 0 saturated heterocycles. The quantitative estimate of drug-likeness (QED) is 0.181. The first-order valence-corrected chi connectivity index (χ1v) is 14.5. The maximum Gasteiger partial charge on any atom is 0.323 e. The van der Waals surface area contributed by atoms with Crippen molar-refractivity contribution in [3.05, 3.63) is 111 Å². The van der Waals surface area contributed by atoms with E-state index < -0.39 is 18.6 Å². The van der Waals surface area contributed by atoms with Gasteiger partial charge in [-0.05, 0) is 59.2 Å². The first kappa shape index (κ1) is 30.1. The minimum absolute atomic E-state index is 0.0792. The molecule has 9 heteroatoms. The summed E-state index contributed by atoms with van der Waals surface area (Å²) in [7, 11) is 0. The van der Waals surface area contributed by atoms with E-state index in [0.717, 1.165) is 24.8 Å². The van der Waals surface area contributed by atoms with Gasteiger partial charge in [-0.1, -0.05) is 61.0 Å². The summed E-state index contributed by atoms with van der Waals surface area (Å²) in [5.74, 6) is -0.296. The highest BCUT2D eigenvalue weighted by atomic mass is 35.5. The molecule has 1 heterocycles. The lowest BCUT2D eigenvalue weighted by atomic mass is 9.92. The van der Waals surface area contributed by atoms with Crippen molar-refractivity contribution >= 4 is 17.6 Å². The summed E-state index contributed by atoms with van der Waals surface area (Å²) in [5, 5.41) is 31.2. The van der Waals surface area contributed by atoms with Crippen molar-refractivity contribution in [3.8, 4) is 28.7 Å². The number of fused-ring (bicyclic) bond motifs is 1. The molecule has 0 spiro atoms. The van der Waals surface area contributed by atoms with E-state index in [0.29, 0.717) is 33.2 Å². The number of aliphatic carboxylic acids is 1. The van der Waals surface area contributed by atoms with Gasteiger partial charge in [0.2, 0.25) is 0 Å². The van der Waals surface area contributed by atoms with Crippen molar-refractivity contribution in [2.24, 2.45) is 0 Å². The van der Waals surface area contributed by atoms with Gasteiger partial charge in [-0.25, -0.2) is 0 Å². The summed E-state index contributed by atoms with van der Waals surface area (Å²) in [6.45, 7) is 1.79. The SMILES string of the molecule is CCc1ccccc1-c1cccc2c1CC[C@@H]2Oc1cc(OCc2cncc(C#N)c2)c(CN[C@@H](CO)C(=O)O)cc1Cl. The van der Waals surface area contributed by atoms with Crippen molar-refractivity contribution in [1.29, 1.82) is 5.26 Å². The Morgan fingerprint density at radius 1 is 1.12 bits per heavy atom. The molecule has 5 rings (SSSR count). The van der Waals surface area contributed by atoms with Crippen LogP contribution in [0.2, 0.25) is 5.02 Å². The average molecular weight is 598 g/mol. The van der Waals surface area contributed by atoms with Crippen LogP contribution in [0.3, 0.4) is 0 Å². The minimum atomic E-state index is -1.17. The van der Waals surface area contributed by atoms with Crippen LogP contribution in [0.15, 0.2) is 73.1 Å². The fraction of sp³-hybridized carbons (Fsp3) is 0.265. The van der Waals surface area contributed by atoms with Gasteiger partial charge in [0.15, 0.2) is 0 Å². The van der Waals surface area contributed by atoms with E-state index in [4.69, 9.17) is 21.1 Å². The Kier molecular flexibility index (Phi) is 9.58. The van der Waals surface area contributed by atoms with E-state index >= 15 is 0 Å². The van der Waals surface area contributed by atoms with Gasteiger partial charge in [0, 0.05) is 36.1 Å². The molecule has 2 atom stereocenters. The fourth-order valence-corrected chi connectivity index (χ4v) is 5.66. The van der Waals surface area contributed by atoms with E-state index in [1.165, 1.54) is 28.5 Å². The molecule has 0 radical (unpaired) electrons. The Morgan fingerprint density at radius 3 is 2.70 bits per heavy atom. The number of hydrogen-bond donors (Lipinski definition) is 3. The number of rotatable bonds is 12. The molecule has 43 heavy (non-hydrogen) atoms. The lowest BCUT2D eigenvalue weighted by Crippen LogP contribution is -2.39. The highest BCUT2D eigenvalue weighted by molar-refractivity contribution is 6.32. The number of aryl methyl sites for hydroxylation is 1. The van der Waals surface area contributed by atoms with Crippen LogP contribution in [0.25, 0.3) is 11.1 Å².